The number of nitriles is 1. The minimum Gasteiger partial charge on any atom is -0.441 e. The zero-order chi connectivity index (χ0) is 24.0. The SMILES string of the molecule is Cc1ncoc1-c1c(-c2ccccc2C#N)nc(N)c2nc(C(N)c3c(F)cccc3F)nn12. The molecule has 11 heteroatoms. The van der Waals surface area contributed by atoms with Crippen molar-refractivity contribution in [3.05, 3.63) is 83.1 Å². The summed E-state index contributed by atoms with van der Waals surface area (Å²) in [5.74, 6) is -1.45. The molecule has 9 nitrogen and oxygen atoms in total. The van der Waals surface area contributed by atoms with Crippen LogP contribution in [0.4, 0.5) is 14.6 Å². The Balaban J connectivity index is 1.83. The van der Waals surface area contributed by atoms with Gasteiger partial charge in [0.15, 0.2) is 29.4 Å². The van der Waals surface area contributed by atoms with Gasteiger partial charge in [-0.3, -0.25) is 0 Å². The molecule has 0 saturated carbocycles. The molecule has 168 valence electrons. The number of halogens is 2. The van der Waals surface area contributed by atoms with Crippen LogP contribution in [0.2, 0.25) is 0 Å². The molecule has 3 aromatic heterocycles. The molecule has 5 aromatic rings. The van der Waals surface area contributed by atoms with Crippen molar-refractivity contribution >= 4 is 11.5 Å². The average Bonchev–Trinajstić information content (AvgIpc) is 3.46. The maximum Gasteiger partial charge on any atom is 0.199 e. The number of benzene rings is 2. The molecule has 1 atom stereocenters. The van der Waals surface area contributed by atoms with Crippen molar-refractivity contribution in [1.29, 1.82) is 5.26 Å². The molecule has 34 heavy (non-hydrogen) atoms. The zero-order valence-electron chi connectivity index (χ0n) is 17.7. The quantitative estimate of drug-likeness (QED) is 0.416. The first kappa shape index (κ1) is 21.2. The van der Waals surface area contributed by atoms with Crippen molar-refractivity contribution in [3.63, 3.8) is 0 Å². The van der Waals surface area contributed by atoms with Crippen molar-refractivity contribution in [2.45, 2.75) is 13.0 Å². The fourth-order valence-electron chi connectivity index (χ4n) is 3.75. The molecule has 0 fully saturated rings. The van der Waals surface area contributed by atoms with Crippen LogP contribution in [-0.4, -0.2) is 24.6 Å². The topological polar surface area (TPSA) is 145 Å². The highest BCUT2D eigenvalue weighted by Gasteiger charge is 2.28. The maximum atomic E-state index is 14.4. The summed E-state index contributed by atoms with van der Waals surface area (Å²) in [4.78, 5) is 12.9. The van der Waals surface area contributed by atoms with Gasteiger partial charge in [-0.05, 0) is 25.1 Å². The second kappa shape index (κ2) is 8.02. The van der Waals surface area contributed by atoms with Crippen LogP contribution < -0.4 is 11.5 Å². The number of nitrogens with two attached hydrogens (primary N) is 2. The summed E-state index contributed by atoms with van der Waals surface area (Å²) in [5, 5.41) is 14.1. The highest BCUT2D eigenvalue weighted by molar-refractivity contribution is 5.83. The summed E-state index contributed by atoms with van der Waals surface area (Å²) in [5.41, 5.74) is 14.0. The number of aryl methyl sites for hydroxylation is 1. The van der Waals surface area contributed by atoms with Crippen LogP contribution in [0.1, 0.15) is 28.7 Å². The Kier molecular flexibility index (Phi) is 4.99. The van der Waals surface area contributed by atoms with Gasteiger partial charge in [-0.2, -0.15) is 5.26 Å². The smallest absolute Gasteiger partial charge is 0.199 e. The van der Waals surface area contributed by atoms with Crippen molar-refractivity contribution in [1.82, 2.24) is 24.6 Å². The highest BCUT2D eigenvalue weighted by Crippen LogP contribution is 2.36. The van der Waals surface area contributed by atoms with E-state index in [0.29, 0.717) is 34.0 Å². The van der Waals surface area contributed by atoms with Gasteiger partial charge in [0.2, 0.25) is 0 Å². The van der Waals surface area contributed by atoms with Gasteiger partial charge in [-0.1, -0.05) is 24.3 Å². The standard InChI is InChI=1S/C23H16F2N8O/c1-11-20(34-10-29-11)19-18(13-6-3-2-5-12(13)9-26)30-21(28)23-31-22(32-33(19)23)17(27)16-14(24)7-4-8-15(16)25/h2-8,10,17H,27H2,1H3,(H2,28,30). The fraction of sp³-hybridized carbons (Fsp3) is 0.0870. The van der Waals surface area contributed by atoms with E-state index in [-0.39, 0.29) is 22.9 Å². The van der Waals surface area contributed by atoms with E-state index in [9.17, 15) is 14.0 Å². The molecule has 0 bridgehead atoms. The summed E-state index contributed by atoms with van der Waals surface area (Å²) in [6.45, 7) is 1.72. The Morgan fingerprint density at radius 3 is 2.50 bits per heavy atom. The number of nitrogen functional groups attached to an aromatic ring is 1. The van der Waals surface area contributed by atoms with Gasteiger partial charge in [0.05, 0.1) is 23.4 Å². The van der Waals surface area contributed by atoms with Crippen LogP contribution in [0.5, 0.6) is 0 Å². The van der Waals surface area contributed by atoms with Gasteiger partial charge in [0.1, 0.15) is 23.0 Å². The predicted octanol–water partition coefficient (Wildman–Crippen LogP) is 3.53. The van der Waals surface area contributed by atoms with Gasteiger partial charge >= 0.3 is 0 Å². The molecule has 0 aliphatic heterocycles. The van der Waals surface area contributed by atoms with E-state index in [4.69, 9.17) is 15.9 Å². The molecule has 1 unspecified atom stereocenters. The lowest BCUT2D eigenvalue weighted by Gasteiger charge is -2.12. The third-order valence-corrected chi connectivity index (χ3v) is 5.37. The van der Waals surface area contributed by atoms with Crippen LogP contribution in [0.25, 0.3) is 28.4 Å². The molecule has 0 saturated heterocycles. The Labute approximate surface area is 191 Å². The molecule has 0 aliphatic carbocycles. The number of hydrogen-bond donors (Lipinski definition) is 2. The molecule has 0 aliphatic rings. The van der Waals surface area contributed by atoms with E-state index in [1.54, 1.807) is 31.2 Å². The summed E-state index contributed by atoms with van der Waals surface area (Å²) in [7, 11) is 0. The third kappa shape index (κ3) is 3.25. The maximum absolute atomic E-state index is 14.4. The molecule has 0 amide bonds. The van der Waals surface area contributed by atoms with Crippen molar-refractivity contribution in [3.8, 4) is 28.8 Å². The third-order valence-electron chi connectivity index (χ3n) is 5.37. The average molecular weight is 458 g/mol. The Hall–Kier alpha value is -4.69. The van der Waals surface area contributed by atoms with E-state index < -0.39 is 17.7 Å². The van der Waals surface area contributed by atoms with Crippen LogP contribution in [0, 0.1) is 29.9 Å². The normalized spacial score (nSPS) is 12.1. The first-order chi connectivity index (χ1) is 16.4. The van der Waals surface area contributed by atoms with Gasteiger partial charge < -0.3 is 15.9 Å². The van der Waals surface area contributed by atoms with Crippen molar-refractivity contribution in [2.24, 2.45) is 5.73 Å². The summed E-state index contributed by atoms with van der Waals surface area (Å²) in [6, 6.07) is 11.1. The summed E-state index contributed by atoms with van der Waals surface area (Å²) < 4.78 is 35.7. The second-order valence-electron chi connectivity index (χ2n) is 7.44. The Morgan fingerprint density at radius 2 is 1.82 bits per heavy atom. The Morgan fingerprint density at radius 1 is 1.09 bits per heavy atom. The number of fused-ring (bicyclic) bond motifs is 1. The van der Waals surface area contributed by atoms with Gasteiger partial charge in [-0.25, -0.2) is 28.2 Å². The van der Waals surface area contributed by atoms with Crippen LogP contribution >= 0.6 is 0 Å². The predicted molar refractivity (Wildman–Crippen MR) is 118 cm³/mol. The van der Waals surface area contributed by atoms with E-state index in [1.165, 1.54) is 17.0 Å². The number of hydrogen-bond acceptors (Lipinski definition) is 8. The first-order valence-corrected chi connectivity index (χ1v) is 10.1. The highest BCUT2D eigenvalue weighted by atomic mass is 19.1. The molecular formula is C23H16F2N8O. The van der Waals surface area contributed by atoms with Crippen molar-refractivity contribution < 1.29 is 13.2 Å². The summed E-state index contributed by atoms with van der Waals surface area (Å²) >= 11 is 0. The minimum absolute atomic E-state index is 0.0244. The van der Waals surface area contributed by atoms with Crippen LogP contribution in [0.15, 0.2) is 53.3 Å². The zero-order valence-corrected chi connectivity index (χ0v) is 17.7. The number of anilines is 1. The molecule has 5 rings (SSSR count). The van der Waals surface area contributed by atoms with E-state index >= 15 is 0 Å². The fourth-order valence-corrected chi connectivity index (χ4v) is 3.75. The molecule has 0 spiro atoms. The molecule has 2 aromatic carbocycles. The van der Waals surface area contributed by atoms with Crippen LogP contribution in [0.3, 0.4) is 0 Å². The molecule has 3 heterocycles. The van der Waals surface area contributed by atoms with Gasteiger partial charge in [0, 0.05) is 11.1 Å². The van der Waals surface area contributed by atoms with Crippen LogP contribution in [-0.2, 0) is 0 Å². The first-order valence-electron chi connectivity index (χ1n) is 10.1. The van der Waals surface area contributed by atoms with Gasteiger partial charge in [0.25, 0.3) is 0 Å². The molecule has 0 radical (unpaired) electrons. The number of oxazole rings is 1. The Bertz CT molecular complexity index is 1580. The molecular weight excluding hydrogens is 442 g/mol. The van der Waals surface area contributed by atoms with E-state index in [2.05, 4.69) is 26.1 Å². The van der Waals surface area contributed by atoms with E-state index in [0.717, 1.165) is 12.1 Å². The lowest BCUT2D eigenvalue weighted by atomic mass is 10.0. The van der Waals surface area contributed by atoms with Gasteiger partial charge in [-0.15, -0.1) is 5.10 Å². The van der Waals surface area contributed by atoms with E-state index in [1.807, 2.05) is 0 Å². The summed E-state index contributed by atoms with van der Waals surface area (Å²) in [6.07, 6.45) is 1.26. The minimum atomic E-state index is -1.32. The lowest BCUT2D eigenvalue weighted by Crippen LogP contribution is -2.17. The number of rotatable bonds is 4. The van der Waals surface area contributed by atoms with Crippen molar-refractivity contribution in [2.75, 3.05) is 5.73 Å². The molecule has 4 N–H and O–H groups in total. The second-order valence-corrected chi connectivity index (χ2v) is 7.44. The number of aromatic nitrogens is 5. The lowest BCUT2D eigenvalue weighted by molar-refractivity contribution is 0.537. The number of nitrogens with zero attached hydrogens (tertiary/aromatic N) is 6. The monoisotopic (exact) mass is 458 g/mol. The largest absolute Gasteiger partial charge is 0.441 e.